The third-order valence-corrected chi connectivity index (χ3v) is 4.39. The predicted octanol–water partition coefficient (Wildman–Crippen LogP) is 4.37. The Morgan fingerprint density at radius 3 is 2.71 bits per heavy atom. The fraction of sp³-hybridized carbons (Fsp3) is 0.250. The van der Waals surface area contributed by atoms with E-state index in [-0.39, 0.29) is 0 Å². The summed E-state index contributed by atoms with van der Waals surface area (Å²) in [4.78, 5) is 9.90. The minimum absolute atomic E-state index is 0.878. The first-order valence-electron chi connectivity index (χ1n) is 6.73. The molecule has 4 nitrogen and oxygen atoms in total. The molecule has 108 valence electrons. The minimum Gasteiger partial charge on any atom is -0.496 e. The Kier molecular flexibility index (Phi) is 3.51. The van der Waals surface area contributed by atoms with E-state index in [0.717, 1.165) is 38.0 Å². The molecule has 2 aromatic heterocycles. The lowest BCUT2D eigenvalue weighted by Crippen LogP contribution is -1.99. The van der Waals surface area contributed by atoms with Gasteiger partial charge in [0, 0.05) is 17.4 Å². The number of rotatable bonds is 3. The molecule has 21 heavy (non-hydrogen) atoms. The molecule has 0 radical (unpaired) electrons. The van der Waals surface area contributed by atoms with Crippen molar-refractivity contribution in [3.8, 4) is 5.75 Å². The number of ether oxygens (including phenoxy) is 1. The molecule has 1 aromatic carbocycles. The Balaban J connectivity index is 2.10. The van der Waals surface area contributed by atoms with E-state index in [1.165, 1.54) is 5.56 Å². The standard InChI is InChI=1S/C16H17N3OS/c1-9-5-6-13(20-4)10(2)14(9)19-12-7-8-17-16-15(12)18-11(3)21-16/h5-8H,1-4H3,(H,17,19). The van der Waals surface area contributed by atoms with E-state index in [0.29, 0.717) is 0 Å². The van der Waals surface area contributed by atoms with Gasteiger partial charge in [0.2, 0.25) is 0 Å². The lowest BCUT2D eigenvalue weighted by molar-refractivity contribution is 0.412. The van der Waals surface area contributed by atoms with Crippen molar-refractivity contribution < 1.29 is 4.74 Å². The van der Waals surface area contributed by atoms with Gasteiger partial charge in [0.05, 0.1) is 17.8 Å². The Hall–Kier alpha value is -2.14. The summed E-state index contributed by atoms with van der Waals surface area (Å²) >= 11 is 1.61. The molecule has 0 fully saturated rings. The van der Waals surface area contributed by atoms with Gasteiger partial charge in [-0.15, -0.1) is 0 Å². The van der Waals surface area contributed by atoms with E-state index in [1.807, 2.05) is 25.3 Å². The van der Waals surface area contributed by atoms with Crippen LogP contribution in [-0.4, -0.2) is 17.1 Å². The summed E-state index contributed by atoms with van der Waals surface area (Å²) in [6, 6.07) is 6.00. The molecule has 2 heterocycles. The molecule has 3 aromatic rings. The quantitative estimate of drug-likeness (QED) is 0.780. The summed E-state index contributed by atoms with van der Waals surface area (Å²) in [5.74, 6) is 0.878. The molecular formula is C16H17N3OS. The molecule has 0 bridgehead atoms. The molecule has 5 heteroatoms. The molecule has 0 aliphatic carbocycles. The number of anilines is 2. The number of aromatic nitrogens is 2. The van der Waals surface area contributed by atoms with Crippen molar-refractivity contribution in [3.05, 3.63) is 40.5 Å². The summed E-state index contributed by atoms with van der Waals surface area (Å²) in [5.41, 5.74) is 5.22. The molecule has 0 aliphatic heterocycles. The number of aryl methyl sites for hydroxylation is 2. The van der Waals surface area contributed by atoms with E-state index >= 15 is 0 Å². The first-order chi connectivity index (χ1) is 10.1. The Bertz CT molecular complexity index is 811. The van der Waals surface area contributed by atoms with Crippen LogP contribution in [-0.2, 0) is 0 Å². The van der Waals surface area contributed by atoms with Gasteiger partial charge < -0.3 is 10.1 Å². The highest BCUT2D eigenvalue weighted by molar-refractivity contribution is 7.18. The summed E-state index contributed by atoms with van der Waals surface area (Å²) in [6.45, 7) is 6.14. The number of pyridine rings is 1. The van der Waals surface area contributed by atoms with Gasteiger partial charge in [-0.2, -0.15) is 0 Å². The predicted molar refractivity (Wildman–Crippen MR) is 87.9 cm³/mol. The van der Waals surface area contributed by atoms with Gasteiger partial charge in [0.25, 0.3) is 0 Å². The molecule has 1 N–H and O–H groups in total. The summed E-state index contributed by atoms with van der Waals surface area (Å²) < 4.78 is 5.40. The van der Waals surface area contributed by atoms with Gasteiger partial charge in [-0.25, -0.2) is 9.97 Å². The number of hydrogen-bond donors (Lipinski definition) is 1. The number of fused-ring (bicyclic) bond motifs is 1. The fourth-order valence-corrected chi connectivity index (χ4v) is 3.20. The van der Waals surface area contributed by atoms with Gasteiger partial charge in [0.1, 0.15) is 16.1 Å². The normalized spacial score (nSPS) is 10.9. The van der Waals surface area contributed by atoms with Gasteiger partial charge in [-0.05, 0) is 38.5 Å². The summed E-state index contributed by atoms with van der Waals surface area (Å²) in [5, 5.41) is 4.51. The van der Waals surface area contributed by atoms with Crippen LogP contribution in [0.15, 0.2) is 24.4 Å². The van der Waals surface area contributed by atoms with E-state index in [4.69, 9.17) is 4.74 Å². The number of benzene rings is 1. The average molecular weight is 299 g/mol. The monoisotopic (exact) mass is 299 g/mol. The molecule has 0 spiro atoms. The zero-order valence-corrected chi connectivity index (χ0v) is 13.3. The number of thiazole rings is 1. The molecule has 0 saturated carbocycles. The smallest absolute Gasteiger partial charge is 0.145 e. The second-order valence-electron chi connectivity index (χ2n) is 4.95. The zero-order chi connectivity index (χ0) is 15.0. The Labute approximate surface area is 127 Å². The van der Waals surface area contributed by atoms with E-state index in [2.05, 4.69) is 35.2 Å². The molecule has 3 rings (SSSR count). The minimum atomic E-state index is 0.878. The van der Waals surface area contributed by atoms with Crippen LogP contribution in [0.25, 0.3) is 10.3 Å². The maximum Gasteiger partial charge on any atom is 0.145 e. The first-order valence-corrected chi connectivity index (χ1v) is 7.55. The number of hydrogen-bond acceptors (Lipinski definition) is 5. The zero-order valence-electron chi connectivity index (χ0n) is 12.5. The summed E-state index contributed by atoms with van der Waals surface area (Å²) in [6.07, 6.45) is 1.81. The van der Waals surface area contributed by atoms with Gasteiger partial charge in [0.15, 0.2) is 0 Å². The van der Waals surface area contributed by atoms with Crippen molar-refractivity contribution in [2.45, 2.75) is 20.8 Å². The van der Waals surface area contributed by atoms with Crippen molar-refractivity contribution in [3.63, 3.8) is 0 Å². The highest BCUT2D eigenvalue weighted by Crippen LogP contribution is 2.34. The van der Waals surface area contributed by atoms with E-state index < -0.39 is 0 Å². The number of nitrogens with zero attached hydrogens (tertiary/aromatic N) is 2. The average Bonchev–Trinajstić information content (AvgIpc) is 2.84. The highest BCUT2D eigenvalue weighted by atomic mass is 32.1. The van der Waals surface area contributed by atoms with Crippen LogP contribution in [0.5, 0.6) is 5.75 Å². The van der Waals surface area contributed by atoms with Crippen LogP contribution in [0.3, 0.4) is 0 Å². The van der Waals surface area contributed by atoms with Crippen molar-refractivity contribution in [2.24, 2.45) is 0 Å². The lowest BCUT2D eigenvalue weighted by Gasteiger charge is -2.15. The molecule has 0 amide bonds. The third kappa shape index (κ3) is 2.45. The maximum atomic E-state index is 5.40. The van der Waals surface area contributed by atoms with Gasteiger partial charge in [-0.1, -0.05) is 17.4 Å². The summed E-state index contributed by atoms with van der Waals surface area (Å²) in [7, 11) is 1.69. The SMILES string of the molecule is COc1ccc(C)c(Nc2ccnc3sc(C)nc23)c1C. The van der Waals surface area contributed by atoms with Crippen molar-refractivity contribution in [2.75, 3.05) is 12.4 Å². The first kappa shape index (κ1) is 13.8. The molecule has 0 unspecified atom stereocenters. The Morgan fingerprint density at radius 2 is 1.95 bits per heavy atom. The second kappa shape index (κ2) is 5.33. The third-order valence-electron chi connectivity index (χ3n) is 3.51. The highest BCUT2D eigenvalue weighted by Gasteiger charge is 2.12. The van der Waals surface area contributed by atoms with Crippen molar-refractivity contribution >= 4 is 33.1 Å². The van der Waals surface area contributed by atoms with Crippen LogP contribution in [0.2, 0.25) is 0 Å². The molecular weight excluding hydrogens is 282 g/mol. The molecule has 0 saturated heterocycles. The van der Waals surface area contributed by atoms with Crippen LogP contribution in [0.4, 0.5) is 11.4 Å². The van der Waals surface area contributed by atoms with E-state index in [1.54, 1.807) is 18.4 Å². The number of nitrogens with one attached hydrogen (secondary N) is 1. The topological polar surface area (TPSA) is 47.0 Å². The Morgan fingerprint density at radius 1 is 1.14 bits per heavy atom. The van der Waals surface area contributed by atoms with Crippen LogP contribution in [0.1, 0.15) is 16.1 Å². The lowest BCUT2D eigenvalue weighted by atomic mass is 10.1. The van der Waals surface area contributed by atoms with E-state index in [9.17, 15) is 0 Å². The second-order valence-corrected chi connectivity index (χ2v) is 6.14. The van der Waals surface area contributed by atoms with Gasteiger partial charge in [-0.3, -0.25) is 0 Å². The largest absolute Gasteiger partial charge is 0.496 e. The molecule has 0 atom stereocenters. The van der Waals surface area contributed by atoms with Crippen LogP contribution < -0.4 is 10.1 Å². The molecule has 0 aliphatic rings. The maximum absolute atomic E-state index is 5.40. The van der Waals surface area contributed by atoms with Crippen molar-refractivity contribution in [1.29, 1.82) is 0 Å². The van der Waals surface area contributed by atoms with Crippen LogP contribution in [0, 0.1) is 20.8 Å². The van der Waals surface area contributed by atoms with Crippen LogP contribution >= 0.6 is 11.3 Å². The van der Waals surface area contributed by atoms with Crippen molar-refractivity contribution in [1.82, 2.24) is 9.97 Å². The number of methoxy groups -OCH3 is 1. The van der Waals surface area contributed by atoms with Gasteiger partial charge >= 0.3 is 0 Å². The fourth-order valence-electron chi connectivity index (χ4n) is 2.41.